The molecule has 0 saturated carbocycles. The number of carbonyl (C=O) groups excluding carboxylic acids is 2. The SMILES string of the molecule is C/C=C1/[C@@H](OC)OC=C(C(=O)OC)[C@H]1CC(=O)OC. The monoisotopic (exact) mass is 270 g/mol. The van der Waals surface area contributed by atoms with Crippen molar-refractivity contribution in [3.05, 3.63) is 23.5 Å². The Morgan fingerprint density at radius 1 is 1.32 bits per heavy atom. The summed E-state index contributed by atoms with van der Waals surface area (Å²) >= 11 is 0. The second kappa shape index (κ2) is 6.94. The normalized spacial score (nSPS) is 24.4. The van der Waals surface area contributed by atoms with Crippen LogP contribution in [0, 0.1) is 5.92 Å². The zero-order chi connectivity index (χ0) is 14.4. The molecule has 0 aliphatic carbocycles. The second-order valence-corrected chi connectivity index (χ2v) is 3.89. The minimum absolute atomic E-state index is 0.0281. The molecule has 0 bridgehead atoms. The van der Waals surface area contributed by atoms with Gasteiger partial charge in [-0.05, 0) is 6.92 Å². The summed E-state index contributed by atoms with van der Waals surface area (Å²) in [6.07, 6.45) is 2.45. The number of carbonyl (C=O) groups is 2. The van der Waals surface area contributed by atoms with E-state index in [9.17, 15) is 9.59 Å². The van der Waals surface area contributed by atoms with Gasteiger partial charge in [-0.2, -0.15) is 0 Å². The Labute approximate surface area is 112 Å². The Morgan fingerprint density at radius 3 is 2.47 bits per heavy atom. The molecule has 0 radical (unpaired) electrons. The third-order valence-corrected chi connectivity index (χ3v) is 2.94. The molecule has 2 atom stereocenters. The minimum Gasteiger partial charge on any atom is -0.469 e. The molecular weight excluding hydrogens is 252 g/mol. The van der Waals surface area contributed by atoms with Crippen LogP contribution < -0.4 is 0 Å². The molecule has 0 amide bonds. The molecule has 0 fully saturated rings. The number of hydrogen-bond acceptors (Lipinski definition) is 6. The first-order valence-electron chi connectivity index (χ1n) is 5.78. The van der Waals surface area contributed by atoms with E-state index in [1.165, 1.54) is 27.6 Å². The molecule has 0 aromatic rings. The largest absolute Gasteiger partial charge is 0.469 e. The molecule has 106 valence electrons. The van der Waals surface area contributed by atoms with Crippen LogP contribution in [-0.4, -0.2) is 39.6 Å². The van der Waals surface area contributed by atoms with Crippen molar-refractivity contribution in [1.29, 1.82) is 0 Å². The lowest BCUT2D eigenvalue weighted by Gasteiger charge is -2.30. The first-order valence-corrected chi connectivity index (χ1v) is 5.78. The van der Waals surface area contributed by atoms with Crippen LogP contribution in [0.4, 0.5) is 0 Å². The highest BCUT2D eigenvalue weighted by Gasteiger charge is 2.36. The summed E-state index contributed by atoms with van der Waals surface area (Å²) in [5.74, 6) is -1.43. The summed E-state index contributed by atoms with van der Waals surface area (Å²) in [6.45, 7) is 1.79. The average molecular weight is 270 g/mol. The summed E-state index contributed by atoms with van der Waals surface area (Å²) < 4.78 is 19.8. The number of esters is 2. The van der Waals surface area contributed by atoms with Crippen LogP contribution in [0.1, 0.15) is 13.3 Å². The predicted octanol–water partition coefficient (Wildman–Crippen LogP) is 1.17. The molecule has 1 heterocycles. The van der Waals surface area contributed by atoms with Crippen molar-refractivity contribution >= 4 is 11.9 Å². The van der Waals surface area contributed by atoms with Gasteiger partial charge in [-0.1, -0.05) is 6.08 Å². The van der Waals surface area contributed by atoms with E-state index in [4.69, 9.17) is 9.47 Å². The van der Waals surface area contributed by atoms with E-state index in [0.717, 1.165) is 0 Å². The maximum Gasteiger partial charge on any atom is 0.337 e. The van der Waals surface area contributed by atoms with Crippen molar-refractivity contribution in [2.75, 3.05) is 21.3 Å². The van der Waals surface area contributed by atoms with Crippen LogP contribution in [0.2, 0.25) is 0 Å². The maximum absolute atomic E-state index is 11.7. The summed E-state index contributed by atoms with van der Waals surface area (Å²) in [5.41, 5.74) is 0.963. The average Bonchev–Trinajstić information content (AvgIpc) is 2.45. The fourth-order valence-electron chi connectivity index (χ4n) is 1.95. The molecule has 0 aromatic carbocycles. The van der Waals surface area contributed by atoms with Gasteiger partial charge in [0.2, 0.25) is 6.29 Å². The molecule has 0 saturated heterocycles. The highest BCUT2D eigenvalue weighted by molar-refractivity contribution is 5.90. The standard InChI is InChI=1S/C13H18O6/c1-5-8-9(6-11(14)16-2)10(12(15)17-3)7-19-13(8)18-4/h5,7,9,13H,6H2,1-4H3/b8-5+/t9-,13-/m0/s1. The maximum atomic E-state index is 11.7. The van der Waals surface area contributed by atoms with E-state index < -0.39 is 24.1 Å². The van der Waals surface area contributed by atoms with Crippen LogP contribution >= 0.6 is 0 Å². The van der Waals surface area contributed by atoms with Gasteiger partial charge in [0.25, 0.3) is 0 Å². The van der Waals surface area contributed by atoms with Gasteiger partial charge < -0.3 is 18.9 Å². The molecule has 0 N–H and O–H groups in total. The number of methoxy groups -OCH3 is 3. The number of hydrogen-bond donors (Lipinski definition) is 0. The Kier molecular flexibility index (Phi) is 5.57. The molecular formula is C13H18O6. The molecule has 19 heavy (non-hydrogen) atoms. The van der Waals surface area contributed by atoms with Gasteiger partial charge in [0, 0.05) is 18.6 Å². The molecule has 0 aromatic heterocycles. The topological polar surface area (TPSA) is 71.1 Å². The van der Waals surface area contributed by atoms with Gasteiger partial charge >= 0.3 is 11.9 Å². The fourth-order valence-corrected chi connectivity index (χ4v) is 1.95. The van der Waals surface area contributed by atoms with Crippen LogP contribution in [0.3, 0.4) is 0 Å². The first-order chi connectivity index (χ1) is 9.08. The summed E-state index contributed by atoms with van der Waals surface area (Å²) in [7, 11) is 4.06. The lowest BCUT2D eigenvalue weighted by Crippen LogP contribution is -2.32. The summed E-state index contributed by atoms with van der Waals surface area (Å²) in [5, 5.41) is 0. The lowest BCUT2D eigenvalue weighted by atomic mass is 9.86. The van der Waals surface area contributed by atoms with Crippen molar-refractivity contribution in [2.24, 2.45) is 5.92 Å². The van der Waals surface area contributed by atoms with Crippen molar-refractivity contribution in [1.82, 2.24) is 0 Å². The smallest absolute Gasteiger partial charge is 0.337 e. The molecule has 1 rings (SSSR count). The minimum atomic E-state index is -0.618. The van der Waals surface area contributed by atoms with Crippen molar-refractivity contribution in [3.63, 3.8) is 0 Å². The van der Waals surface area contributed by atoms with Crippen LogP contribution in [0.5, 0.6) is 0 Å². The zero-order valence-electron chi connectivity index (χ0n) is 11.5. The molecule has 6 nitrogen and oxygen atoms in total. The van der Waals surface area contributed by atoms with Crippen molar-refractivity contribution in [3.8, 4) is 0 Å². The molecule has 1 aliphatic heterocycles. The number of allylic oxidation sites excluding steroid dienone is 1. The summed E-state index contributed by atoms with van der Waals surface area (Å²) in [4.78, 5) is 23.2. The molecule has 6 heteroatoms. The zero-order valence-corrected chi connectivity index (χ0v) is 11.5. The Bertz CT molecular complexity index is 409. The third kappa shape index (κ3) is 3.35. The molecule has 1 aliphatic rings. The number of ether oxygens (including phenoxy) is 4. The second-order valence-electron chi connectivity index (χ2n) is 3.89. The highest BCUT2D eigenvalue weighted by Crippen LogP contribution is 2.33. The number of rotatable bonds is 4. The van der Waals surface area contributed by atoms with Gasteiger partial charge in [-0.25, -0.2) is 4.79 Å². The van der Waals surface area contributed by atoms with Gasteiger partial charge in [-0.3, -0.25) is 4.79 Å². The predicted molar refractivity (Wildman–Crippen MR) is 65.9 cm³/mol. The van der Waals surface area contributed by atoms with E-state index in [-0.39, 0.29) is 12.0 Å². The van der Waals surface area contributed by atoms with E-state index in [1.807, 2.05) is 0 Å². The van der Waals surface area contributed by atoms with Crippen molar-refractivity contribution in [2.45, 2.75) is 19.6 Å². The van der Waals surface area contributed by atoms with Crippen LogP contribution in [0.15, 0.2) is 23.5 Å². The third-order valence-electron chi connectivity index (χ3n) is 2.94. The van der Waals surface area contributed by atoms with E-state index in [2.05, 4.69) is 9.47 Å². The quantitative estimate of drug-likeness (QED) is 0.564. The van der Waals surface area contributed by atoms with E-state index in [1.54, 1.807) is 13.0 Å². The van der Waals surface area contributed by atoms with Gasteiger partial charge in [0.1, 0.15) is 0 Å². The Balaban J connectivity index is 3.10. The Morgan fingerprint density at radius 2 is 2.00 bits per heavy atom. The first kappa shape index (κ1) is 15.2. The lowest BCUT2D eigenvalue weighted by molar-refractivity contribution is -0.142. The Hall–Kier alpha value is -1.82. The van der Waals surface area contributed by atoms with Crippen LogP contribution in [-0.2, 0) is 28.5 Å². The molecule has 0 unspecified atom stereocenters. The van der Waals surface area contributed by atoms with E-state index >= 15 is 0 Å². The van der Waals surface area contributed by atoms with Crippen LogP contribution in [0.25, 0.3) is 0 Å². The van der Waals surface area contributed by atoms with E-state index in [0.29, 0.717) is 5.57 Å². The summed E-state index contributed by atoms with van der Waals surface area (Å²) in [6, 6.07) is 0. The van der Waals surface area contributed by atoms with Crippen molar-refractivity contribution < 1.29 is 28.5 Å². The van der Waals surface area contributed by atoms with Gasteiger partial charge in [0.05, 0.1) is 32.5 Å². The van der Waals surface area contributed by atoms with Gasteiger partial charge in [-0.15, -0.1) is 0 Å². The highest BCUT2D eigenvalue weighted by atomic mass is 16.7. The van der Waals surface area contributed by atoms with Gasteiger partial charge in [0.15, 0.2) is 0 Å². The fraction of sp³-hybridized carbons (Fsp3) is 0.538. The molecule has 0 spiro atoms.